The van der Waals surface area contributed by atoms with E-state index in [4.69, 9.17) is 0 Å². The molecule has 1 heteroatoms. The topological polar surface area (TPSA) is 17.1 Å². The van der Waals surface area contributed by atoms with E-state index < -0.39 is 0 Å². The number of rotatable bonds is 5. The van der Waals surface area contributed by atoms with Crippen LogP contribution in [0, 0.1) is 0 Å². The second kappa shape index (κ2) is 5.69. The average molecular weight is 204 g/mol. The third kappa shape index (κ3) is 3.19. The largest absolute Gasteiger partial charge is 0.303 e. The van der Waals surface area contributed by atoms with E-state index in [9.17, 15) is 4.79 Å². The molecule has 0 heterocycles. The van der Waals surface area contributed by atoms with Crippen molar-refractivity contribution >= 4 is 6.29 Å². The molecule has 15 heavy (non-hydrogen) atoms. The summed E-state index contributed by atoms with van der Waals surface area (Å²) < 4.78 is 0. The fourth-order valence-electron chi connectivity index (χ4n) is 1.80. The first-order chi connectivity index (χ1) is 7.19. The molecule has 1 nitrogen and oxygen atoms in total. The van der Waals surface area contributed by atoms with Gasteiger partial charge in [-0.15, -0.1) is 0 Å². The van der Waals surface area contributed by atoms with Gasteiger partial charge in [-0.2, -0.15) is 0 Å². The Balaban J connectivity index is 2.96. The highest BCUT2D eigenvalue weighted by Crippen LogP contribution is 2.20. The molecule has 0 aliphatic carbocycles. The minimum atomic E-state index is 0.561. The molecule has 0 atom stereocenters. The Bertz CT molecular complexity index is 326. The molecule has 0 saturated heterocycles. The van der Waals surface area contributed by atoms with Gasteiger partial charge in [-0.1, -0.05) is 39.0 Å². The van der Waals surface area contributed by atoms with Crippen LogP contribution in [0.15, 0.2) is 18.2 Å². The van der Waals surface area contributed by atoms with Crippen molar-refractivity contribution in [3.63, 3.8) is 0 Å². The third-order valence-corrected chi connectivity index (χ3v) is 2.81. The maximum atomic E-state index is 10.4. The molecule has 0 aliphatic rings. The zero-order chi connectivity index (χ0) is 11.3. The van der Waals surface area contributed by atoms with Crippen LogP contribution in [0.2, 0.25) is 0 Å². The van der Waals surface area contributed by atoms with Gasteiger partial charge in [-0.25, -0.2) is 0 Å². The van der Waals surface area contributed by atoms with Crippen LogP contribution in [0.25, 0.3) is 0 Å². The fraction of sp³-hybridized carbons (Fsp3) is 0.500. The van der Waals surface area contributed by atoms with Gasteiger partial charge in [-0.3, -0.25) is 0 Å². The van der Waals surface area contributed by atoms with E-state index >= 15 is 0 Å². The first-order valence-corrected chi connectivity index (χ1v) is 5.74. The summed E-state index contributed by atoms with van der Waals surface area (Å²) in [5.41, 5.74) is 4.09. The Hall–Kier alpha value is -1.11. The van der Waals surface area contributed by atoms with Crippen molar-refractivity contribution < 1.29 is 4.79 Å². The molecule has 0 bridgehead atoms. The Kier molecular flexibility index (Phi) is 4.54. The molecule has 0 radical (unpaired) electrons. The summed E-state index contributed by atoms with van der Waals surface area (Å²) in [6.07, 6.45) is 3.57. The number of aryl methyl sites for hydroxylation is 2. The monoisotopic (exact) mass is 204 g/mol. The first-order valence-electron chi connectivity index (χ1n) is 5.74. The van der Waals surface area contributed by atoms with Gasteiger partial charge < -0.3 is 4.79 Å². The molecule has 1 aromatic rings. The Labute approximate surface area is 92.5 Å². The van der Waals surface area contributed by atoms with E-state index in [1.807, 2.05) is 0 Å². The van der Waals surface area contributed by atoms with E-state index in [0.717, 1.165) is 19.1 Å². The van der Waals surface area contributed by atoms with Crippen LogP contribution in [-0.4, -0.2) is 6.29 Å². The lowest BCUT2D eigenvalue weighted by molar-refractivity contribution is -0.107. The summed E-state index contributed by atoms with van der Waals surface area (Å²) >= 11 is 0. The lowest BCUT2D eigenvalue weighted by Gasteiger charge is -2.11. The minimum absolute atomic E-state index is 0.561. The van der Waals surface area contributed by atoms with Gasteiger partial charge in [-0.05, 0) is 35.4 Å². The van der Waals surface area contributed by atoms with E-state index in [1.165, 1.54) is 16.7 Å². The van der Waals surface area contributed by atoms with Crippen LogP contribution >= 0.6 is 0 Å². The predicted molar refractivity (Wildman–Crippen MR) is 64.3 cm³/mol. The van der Waals surface area contributed by atoms with Gasteiger partial charge in [0, 0.05) is 6.42 Å². The summed E-state index contributed by atoms with van der Waals surface area (Å²) in [4.78, 5) is 10.4. The second-order valence-corrected chi connectivity index (χ2v) is 4.24. The Morgan fingerprint density at radius 2 is 2.00 bits per heavy atom. The molecule has 0 aromatic heterocycles. The van der Waals surface area contributed by atoms with Crippen molar-refractivity contribution in [3.8, 4) is 0 Å². The summed E-state index contributed by atoms with van der Waals surface area (Å²) in [7, 11) is 0. The van der Waals surface area contributed by atoms with Crippen LogP contribution in [0.3, 0.4) is 0 Å². The van der Waals surface area contributed by atoms with Gasteiger partial charge in [0.1, 0.15) is 6.29 Å². The number of hydrogen-bond donors (Lipinski definition) is 0. The predicted octanol–water partition coefficient (Wildman–Crippen LogP) is 3.50. The van der Waals surface area contributed by atoms with Crippen molar-refractivity contribution in [1.29, 1.82) is 0 Å². The van der Waals surface area contributed by atoms with Gasteiger partial charge >= 0.3 is 0 Å². The van der Waals surface area contributed by atoms with Gasteiger partial charge in [0.15, 0.2) is 0 Å². The highest BCUT2D eigenvalue weighted by atomic mass is 16.1. The molecule has 0 amide bonds. The van der Waals surface area contributed by atoms with Crippen molar-refractivity contribution in [2.75, 3.05) is 0 Å². The third-order valence-electron chi connectivity index (χ3n) is 2.81. The lowest BCUT2D eigenvalue weighted by atomic mass is 9.94. The lowest BCUT2D eigenvalue weighted by Crippen LogP contribution is -1.97. The summed E-state index contributed by atoms with van der Waals surface area (Å²) in [6.45, 7) is 6.56. The SMILES string of the molecule is CCc1ccc(C(C)C)cc1CCC=O. The Morgan fingerprint density at radius 1 is 1.27 bits per heavy atom. The van der Waals surface area contributed by atoms with Crippen LogP contribution in [-0.2, 0) is 17.6 Å². The van der Waals surface area contributed by atoms with Crippen molar-refractivity contribution in [2.45, 2.75) is 46.0 Å². The minimum Gasteiger partial charge on any atom is -0.303 e. The molecule has 1 aromatic carbocycles. The zero-order valence-electron chi connectivity index (χ0n) is 9.92. The second-order valence-electron chi connectivity index (χ2n) is 4.24. The molecule has 0 fully saturated rings. The maximum Gasteiger partial charge on any atom is 0.120 e. The molecule has 0 spiro atoms. The molecule has 0 unspecified atom stereocenters. The number of carbonyl (C=O) groups is 1. The van der Waals surface area contributed by atoms with E-state index in [2.05, 4.69) is 39.0 Å². The number of aldehydes is 1. The van der Waals surface area contributed by atoms with E-state index in [-0.39, 0.29) is 0 Å². The number of hydrogen-bond acceptors (Lipinski definition) is 1. The maximum absolute atomic E-state index is 10.4. The molecule has 0 aliphatic heterocycles. The van der Waals surface area contributed by atoms with Crippen LogP contribution in [0.4, 0.5) is 0 Å². The normalized spacial score (nSPS) is 10.7. The number of carbonyl (C=O) groups excluding carboxylic acids is 1. The average Bonchev–Trinajstić information content (AvgIpc) is 2.25. The van der Waals surface area contributed by atoms with Crippen LogP contribution in [0.5, 0.6) is 0 Å². The highest BCUT2D eigenvalue weighted by molar-refractivity contribution is 5.50. The molecular formula is C14H20O. The summed E-state index contributed by atoms with van der Waals surface area (Å²) in [5.74, 6) is 0.561. The van der Waals surface area contributed by atoms with Crippen LogP contribution in [0.1, 0.15) is 49.8 Å². The summed E-state index contributed by atoms with van der Waals surface area (Å²) in [5, 5.41) is 0. The zero-order valence-corrected chi connectivity index (χ0v) is 9.92. The van der Waals surface area contributed by atoms with Crippen LogP contribution < -0.4 is 0 Å². The van der Waals surface area contributed by atoms with Gasteiger partial charge in [0.25, 0.3) is 0 Å². The summed E-state index contributed by atoms with van der Waals surface area (Å²) in [6, 6.07) is 6.66. The molecule has 0 N–H and O–H groups in total. The van der Waals surface area contributed by atoms with Gasteiger partial charge in [0.05, 0.1) is 0 Å². The molecule has 82 valence electrons. The fourth-order valence-corrected chi connectivity index (χ4v) is 1.80. The first kappa shape index (κ1) is 12.0. The Morgan fingerprint density at radius 3 is 2.53 bits per heavy atom. The number of benzene rings is 1. The molecule has 0 saturated carbocycles. The van der Waals surface area contributed by atoms with Crippen molar-refractivity contribution in [2.24, 2.45) is 0 Å². The standard InChI is InChI=1S/C14H20O/c1-4-12-7-8-13(11(2)3)10-14(12)6-5-9-15/h7-11H,4-6H2,1-3H3. The highest BCUT2D eigenvalue weighted by Gasteiger charge is 2.04. The van der Waals surface area contributed by atoms with Crippen molar-refractivity contribution in [1.82, 2.24) is 0 Å². The van der Waals surface area contributed by atoms with E-state index in [0.29, 0.717) is 12.3 Å². The van der Waals surface area contributed by atoms with E-state index in [1.54, 1.807) is 0 Å². The quantitative estimate of drug-likeness (QED) is 0.671. The smallest absolute Gasteiger partial charge is 0.120 e. The molecule has 1 rings (SSSR count). The molecular weight excluding hydrogens is 184 g/mol. The van der Waals surface area contributed by atoms with Gasteiger partial charge in [0.2, 0.25) is 0 Å². The van der Waals surface area contributed by atoms with Crippen molar-refractivity contribution in [3.05, 3.63) is 34.9 Å².